The predicted octanol–water partition coefficient (Wildman–Crippen LogP) is 3.49. The third kappa shape index (κ3) is 2.85. The average molecular weight is 298 g/mol. The monoisotopic (exact) mass is 297 g/mol. The lowest BCUT2D eigenvalue weighted by Crippen LogP contribution is -2.06. The third-order valence-corrected chi connectivity index (χ3v) is 3.14. The summed E-state index contributed by atoms with van der Waals surface area (Å²) < 4.78 is 15.3. The molecular formula is C12H13BrFN3. The van der Waals surface area contributed by atoms with Crippen LogP contribution in [0, 0.1) is 5.82 Å². The highest BCUT2D eigenvalue weighted by Gasteiger charge is 2.08. The van der Waals surface area contributed by atoms with E-state index >= 15 is 0 Å². The van der Waals surface area contributed by atoms with Gasteiger partial charge in [-0.1, -0.05) is 6.07 Å². The van der Waals surface area contributed by atoms with Crippen LogP contribution in [0.5, 0.6) is 0 Å². The number of aryl methyl sites for hydroxylation is 1. The van der Waals surface area contributed by atoms with E-state index in [0.717, 1.165) is 11.3 Å². The topological polar surface area (TPSA) is 29.9 Å². The standard InChI is InChI=1S/C12H13BrFN3/c1-8(16-10-6-15-17(2)7-10)9-3-4-12(14)11(13)5-9/h3-8,16H,1-2H3. The van der Waals surface area contributed by atoms with Gasteiger partial charge >= 0.3 is 0 Å². The molecule has 1 heterocycles. The van der Waals surface area contributed by atoms with Gasteiger partial charge in [0.2, 0.25) is 0 Å². The van der Waals surface area contributed by atoms with Crippen molar-refractivity contribution in [3.05, 3.63) is 46.4 Å². The van der Waals surface area contributed by atoms with Crippen molar-refractivity contribution >= 4 is 21.6 Å². The van der Waals surface area contributed by atoms with Gasteiger partial charge in [-0.05, 0) is 40.5 Å². The number of rotatable bonds is 3. The van der Waals surface area contributed by atoms with E-state index in [1.165, 1.54) is 6.07 Å². The van der Waals surface area contributed by atoms with Crippen LogP contribution in [0.15, 0.2) is 35.1 Å². The third-order valence-electron chi connectivity index (χ3n) is 2.53. The zero-order valence-electron chi connectivity index (χ0n) is 9.61. The highest BCUT2D eigenvalue weighted by Crippen LogP contribution is 2.23. The minimum absolute atomic E-state index is 0.0936. The van der Waals surface area contributed by atoms with E-state index in [0.29, 0.717) is 4.47 Å². The van der Waals surface area contributed by atoms with Gasteiger partial charge in [0.25, 0.3) is 0 Å². The molecule has 0 fully saturated rings. The second-order valence-electron chi connectivity index (χ2n) is 3.94. The molecule has 5 heteroatoms. The Bertz CT molecular complexity index is 524. The second-order valence-corrected chi connectivity index (χ2v) is 4.80. The number of nitrogens with zero attached hydrogens (tertiary/aromatic N) is 2. The van der Waals surface area contributed by atoms with E-state index in [-0.39, 0.29) is 11.9 Å². The molecule has 0 saturated carbocycles. The summed E-state index contributed by atoms with van der Waals surface area (Å²) in [6, 6.07) is 5.11. The second kappa shape index (κ2) is 4.87. The molecule has 0 aliphatic carbocycles. The molecule has 2 aromatic rings. The van der Waals surface area contributed by atoms with Crippen molar-refractivity contribution < 1.29 is 4.39 Å². The number of aromatic nitrogens is 2. The first-order valence-corrected chi connectivity index (χ1v) is 6.05. The molecule has 2 rings (SSSR count). The summed E-state index contributed by atoms with van der Waals surface area (Å²) >= 11 is 3.18. The molecule has 0 spiro atoms. The van der Waals surface area contributed by atoms with E-state index in [4.69, 9.17) is 0 Å². The predicted molar refractivity (Wildman–Crippen MR) is 69.3 cm³/mol. The molecule has 0 saturated heterocycles. The number of hydrogen-bond donors (Lipinski definition) is 1. The van der Waals surface area contributed by atoms with Crippen LogP contribution in [0.1, 0.15) is 18.5 Å². The van der Waals surface area contributed by atoms with Crippen LogP contribution in [-0.4, -0.2) is 9.78 Å². The van der Waals surface area contributed by atoms with E-state index in [1.807, 2.05) is 20.2 Å². The van der Waals surface area contributed by atoms with Gasteiger partial charge < -0.3 is 5.32 Å². The molecule has 0 aliphatic heterocycles. The first kappa shape index (κ1) is 12.1. The summed E-state index contributed by atoms with van der Waals surface area (Å²) in [5.41, 5.74) is 1.96. The lowest BCUT2D eigenvalue weighted by atomic mass is 10.1. The van der Waals surface area contributed by atoms with Crippen LogP contribution in [0.25, 0.3) is 0 Å². The molecule has 0 bridgehead atoms. The summed E-state index contributed by atoms with van der Waals surface area (Å²) in [4.78, 5) is 0. The molecule has 1 aromatic heterocycles. The minimum atomic E-state index is -0.248. The van der Waals surface area contributed by atoms with E-state index in [9.17, 15) is 4.39 Å². The SMILES string of the molecule is CC(Nc1cnn(C)c1)c1ccc(F)c(Br)c1. The number of halogens is 2. The highest BCUT2D eigenvalue weighted by atomic mass is 79.9. The Balaban J connectivity index is 2.14. The van der Waals surface area contributed by atoms with Crippen molar-refractivity contribution in [2.45, 2.75) is 13.0 Å². The van der Waals surface area contributed by atoms with Gasteiger partial charge in [0, 0.05) is 19.3 Å². The Labute approximate surface area is 108 Å². The molecule has 1 atom stereocenters. The lowest BCUT2D eigenvalue weighted by Gasteiger charge is -2.14. The van der Waals surface area contributed by atoms with Gasteiger partial charge in [0.05, 0.1) is 16.4 Å². The average Bonchev–Trinajstić information content (AvgIpc) is 2.68. The van der Waals surface area contributed by atoms with Crippen LogP contribution < -0.4 is 5.32 Å². The molecule has 0 aliphatic rings. The summed E-state index contributed by atoms with van der Waals surface area (Å²) in [7, 11) is 1.87. The van der Waals surface area contributed by atoms with Crippen LogP contribution >= 0.6 is 15.9 Å². The maximum Gasteiger partial charge on any atom is 0.137 e. The zero-order valence-corrected chi connectivity index (χ0v) is 11.2. The van der Waals surface area contributed by atoms with E-state index < -0.39 is 0 Å². The van der Waals surface area contributed by atoms with Crippen molar-refractivity contribution in [3.63, 3.8) is 0 Å². The fourth-order valence-corrected chi connectivity index (χ4v) is 2.01. The van der Waals surface area contributed by atoms with Gasteiger partial charge in [-0.25, -0.2) is 4.39 Å². The maximum absolute atomic E-state index is 13.1. The van der Waals surface area contributed by atoms with Gasteiger partial charge in [-0.3, -0.25) is 4.68 Å². The van der Waals surface area contributed by atoms with Crippen molar-refractivity contribution in [2.75, 3.05) is 5.32 Å². The number of hydrogen-bond acceptors (Lipinski definition) is 2. The summed E-state index contributed by atoms with van der Waals surface area (Å²) in [6.45, 7) is 2.02. The summed E-state index contributed by atoms with van der Waals surface area (Å²) in [5, 5.41) is 7.38. The lowest BCUT2D eigenvalue weighted by molar-refractivity contribution is 0.619. The molecule has 17 heavy (non-hydrogen) atoms. The van der Waals surface area contributed by atoms with Crippen LogP contribution in [-0.2, 0) is 7.05 Å². The molecule has 90 valence electrons. The summed E-state index contributed by atoms with van der Waals surface area (Å²) in [6.07, 6.45) is 3.66. The molecule has 1 unspecified atom stereocenters. The van der Waals surface area contributed by atoms with E-state index in [2.05, 4.69) is 26.3 Å². The van der Waals surface area contributed by atoms with Gasteiger partial charge in [-0.15, -0.1) is 0 Å². The smallest absolute Gasteiger partial charge is 0.137 e. The van der Waals surface area contributed by atoms with Crippen molar-refractivity contribution in [3.8, 4) is 0 Å². The molecule has 0 amide bonds. The fraction of sp³-hybridized carbons (Fsp3) is 0.250. The molecular weight excluding hydrogens is 285 g/mol. The normalized spacial score (nSPS) is 12.5. The van der Waals surface area contributed by atoms with Crippen LogP contribution in [0.3, 0.4) is 0 Å². The van der Waals surface area contributed by atoms with E-state index in [1.54, 1.807) is 23.0 Å². The Kier molecular flexibility index (Phi) is 3.47. The van der Waals surface area contributed by atoms with Crippen LogP contribution in [0.2, 0.25) is 0 Å². The number of anilines is 1. The Morgan fingerprint density at radius 2 is 2.24 bits per heavy atom. The Hall–Kier alpha value is -1.36. The first-order valence-electron chi connectivity index (χ1n) is 5.26. The zero-order chi connectivity index (χ0) is 12.4. The number of nitrogens with one attached hydrogen (secondary N) is 1. The van der Waals surface area contributed by atoms with Crippen molar-refractivity contribution in [1.82, 2.24) is 9.78 Å². The highest BCUT2D eigenvalue weighted by molar-refractivity contribution is 9.10. The van der Waals surface area contributed by atoms with Crippen molar-refractivity contribution in [2.24, 2.45) is 7.05 Å². The summed E-state index contributed by atoms with van der Waals surface area (Å²) in [5.74, 6) is -0.248. The van der Waals surface area contributed by atoms with Gasteiger partial charge in [0.15, 0.2) is 0 Å². The van der Waals surface area contributed by atoms with Crippen molar-refractivity contribution in [1.29, 1.82) is 0 Å². The minimum Gasteiger partial charge on any atom is -0.376 e. The molecule has 1 aromatic carbocycles. The number of benzene rings is 1. The largest absolute Gasteiger partial charge is 0.376 e. The molecule has 3 nitrogen and oxygen atoms in total. The van der Waals surface area contributed by atoms with Gasteiger partial charge in [-0.2, -0.15) is 5.10 Å². The molecule has 0 radical (unpaired) electrons. The van der Waals surface area contributed by atoms with Gasteiger partial charge in [0.1, 0.15) is 5.82 Å². The van der Waals surface area contributed by atoms with Crippen LogP contribution in [0.4, 0.5) is 10.1 Å². The first-order chi connectivity index (χ1) is 8.06. The quantitative estimate of drug-likeness (QED) is 0.940. The molecule has 1 N–H and O–H groups in total. The Morgan fingerprint density at radius 1 is 1.47 bits per heavy atom. The fourth-order valence-electron chi connectivity index (χ4n) is 1.61. The Morgan fingerprint density at radius 3 is 2.82 bits per heavy atom. The maximum atomic E-state index is 13.1.